The number of hydrogen-bond acceptors (Lipinski definition) is 2. The Morgan fingerprint density at radius 3 is 2.29 bits per heavy atom. The van der Waals surface area contributed by atoms with E-state index in [1.54, 1.807) is 0 Å². The Bertz CT molecular complexity index is 461. The average Bonchev–Trinajstić information content (AvgIpc) is 2.46. The molecule has 3 nitrogen and oxygen atoms in total. The first kappa shape index (κ1) is 16.0. The second-order valence-corrected chi connectivity index (χ2v) is 6.96. The van der Waals surface area contributed by atoms with Gasteiger partial charge in [-0.25, -0.2) is 0 Å². The van der Waals surface area contributed by atoms with Crippen LogP contribution in [0.25, 0.3) is 0 Å². The van der Waals surface area contributed by atoms with Gasteiger partial charge in [-0.1, -0.05) is 44.2 Å². The summed E-state index contributed by atoms with van der Waals surface area (Å²) < 4.78 is 0. The molecule has 1 heterocycles. The number of hydrogen-bond donors (Lipinski definition) is 1. The first-order valence-corrected chi connectivity index (χ1v) is 7.95. The van der Waals surface area contributed by atoms with Crippen molar-refractivity contribution in [2.75, 3.05) is 13.1 Å². The van der Waals surface area contributed by atoms with Crippen molar-refractivity contribution < 1.29 is 9.90 Å². The standard InChI is InChI=1S/C18H27NO2/c1-14(2)13-16(15-7-5-4-6-8-15)19-11-9-18(3,10-12-19)17(20)21/h4-8,14,16H,9-13H2,1-3H3,(H,20,21). The first-order valence-electron chi connectivity index (χ1n) is 7.95. The van der Waals surface area contributed by atoms with Gasteiger partial charge in [0.25, 0.3) is 0 Å². The van der Waals surface area contributed by atoms with E-state index in [0.717, 1.165) is 32.4 Å². The van der Waals surface area contributed by atoms with Crippen LogP contribution in [-0.4, -0.2) is 29.1 Å². The quantitative estimate of drug-likeness (QED) is 0.892. The van der Waals surface area contributed by atoms with Crippen LogP contribution in [0.2, 0.25) is 0 Å². The third kappa shape index (κ3) is 3.85. The summed E-state index contributed by atoms with van der Waals surface area (Å²) in [7, 11) is 0. The fourth-order valence-electron chi connectivity index (χ4n) is 3.16. The van der Waals surface area contributed by atoms with Crippen molar-refractivity contribution in [1.29, 1.82) is 0 Å². The molecule has 1 aromatic carbocycles. The van der Waals surface area contributed by atoms with Crippen LogP contribution in [0.15, 0.2) is 30.3 Å². The highest BCUT2D eigenvalue weighted by Gasteiger charge is 2.38. The molecule has 21 heavy (non-hydrogen) atoms. The molecule has 3 heteroatoms. The zero-order valence-corrected chi connectivity index (χ0v) is 13.4. The van der Waals surface area contributed by atoms with Crippen LogP contribution in [0, 0.1) is 11.3 Å². The van der Waals surface area contributed by atoms with Gasteiger partial charge >= 0.3 is 5.97 Å². The van der Waals surface area contributed by atoms with Crippen LogP contribution in [0.4, 0.5) is 0 Å². The number of piperidine rings is 1. The van der Waals surface area contributed by atoms with Gasteiger partial charge in [-0.3, -0.25) is 9.69 Å². The zero-order valence-electron chi connectivity index (χ0n) is 13.4. The summed E-state index contributed by atoms with van der Waals surface area (Å²) >= 11 is 0. The predicted octanol–water partition coefficient (Wildman–Crippen LogP) is 3.96. The monoisotopic (exact) mass is 289 g/mol. The smallest absolute Gasteiger partial charge is 0.309 e. The molecule has 1 N–H and O–H groups in total. The van der Waals surface area contributed by atoms with Crippen LogP contribution >= 0.6 is 0 Å². The first-order chi connectivity index (χ1) is 9.92. The molecule has 0 saturated carbocycles. The van der Waals surface area contributed by atoms with Crippen LogP contribution in [0.5, 0.6) is 0 Å². The molecule has 1 fully saturated rings. The van der Waals surface area contributed by atoms with Crippen molar-refractivity contribution >= 4 is 5.97 Å². The maximum absolute atomic E-state index is 11.4. The van der Waals surface area contributed by atoms with Crippen molar-refractivity contribution in [3.63, 3.8) is 0 Å². The molecule has 0 spiro atoms. The molecule has 0 radical (unpaired) electrons. The summed E-state index contributed by atoms with van der Waals surface area (Å²) in [4.78, 5) is 13.9. The Hall–Kier alpha value is -1.35. The number of benzene rings is 1. The summed E-state index contributed by atoms with van der Waals surface area (Å²) in [6.45, 7) is 8.12. The van der Waals surface area contributed by atoms with Gasteiger partial charge in [-0.05, 0) is 50.8 Å². The summed E-state index contributed by atoms with van der Waals surface area (Å²) in [6.07, 6.45) is 2.60. The van der Waals surface area contributed by atoms with Crippen molar-refractivity contribution in [2.45, 2.75) is 46.1 Å². The summed E-state index contributed by atoms with van der Waals surface area (Å²) in [5.41, 5.74) is 0.806. The molecule has 1 unspecified atom stereocenters. The van der Waals surface area contributed by atoms with E-state index in [-0.39, 0.29) is 0 Å². The van der Waals surface area contributed by atoms with Crippen LogP contribution in [-0.2, 0) is 4.79 Å². The highest BCUT2D eigenvalue weighted by Crippen LogP contribution is 2.36. The van der Waals surface area contributed by atoms with Crippen molar-refractivity contribution in [3.8, 4) is 0 Å². The topological polar surface area (TPSA) is 40.5 Å². The van der Waals surface area contributed by atoms with Crippen molar-refractivity contribution in [2.24, 2.45) is 11.3 Å². The summed E-state index contributed by atoms with van der Waals surface area (Å²) in [5, 5.41) is 9.37. The maximum atomic E-state index is 11.4. The highest BCUT2D eigenvalue weighted by atomic mass is 16.4. The normalized spacial score (nSPS) is 20.4. The number of likely N-dealkylation sites (tertiary alicyclic amines) is 1. The minimum absolute atomic E-state index is 0.407. The molecule has 1 aliphatic heterocycles. The molecule has 1 atom stereocenters. The number of carboxylic acid groups (broad SMARTS) is 1. The van der Waals surface area contributed by atoms with Crippen molar-refractivity contribution in [1.82, 2.24) is 4.90 Å². The molecule has 0 aliphatic carbocycles. The number of nitrogens with zero attached hydrogens (tertiary/aromatic N) is 1. The maximum Gasteiger partial charge on any atom is 0.309 e. The van der Waals surface area contributed by atoms with E-state index in [1.165, 1.54) is 5.56 Å². The van der Waals surface area contributed by atoms with Gasteiger partial charge in [-0.15, -0.1) is 0 Å². The Kier molecular flexibility index (Phi) is 5.04. The molecule has 1 aliphatic rings. The van der Waals surface area contributed by atoms with E-state index in [2.05, 4.69) is 43.0 Å². The summed E-state index contributed by atoms with van der Waals surface area (Å²) in [6, 6.07) is 11.0. The van der Waals surface area contributed by atoms with Gasteiger partial charge < -0.3 is 5.11 Å². The second kappa shape index (κ2) is 6.61. The lowest BCUT2D eigenvalue weighted by molar-refractivity contribution is -0.151. The van der Waals surface area contributed by atoms with Gasteiger partial charge in [0.2, 0.25) is 0 Å². The third-order valence-electron chi connectivity index (χ3n) is 4.74. The molecule has 0 aromatic heterocycles. The molecular weight excluding hydrogens is 262 g/mol. The molecule has 0 bridgehead atoms. The lowest BCUT2D eigenvalue weighted by Gasteiger charge is -2.41. The third-order valence-corrected chi connectivity index (χ3v) is 4.74. The molecule has 1 aromatic rings. The Morgan fingerprint density at radius 2 is 1.81 bits per heavy atom. The fourth-order valence-corrected chi connectivity index (χ4v) is 3.16. The van der Waals surface area contributed by atoms with Gasteiger partial charge in [0.15, 0.2) is 0 Å². The van der Waals surface area contributed by atoms with Crippen LogP contribution < -0.4 is 0 Å². The molecule has 116 valence electrons. The number of aliphatic carboxylic acids is 1. The average molecular weight is 289 g/mol. The van der Waals surface area contributed by atoms with E-state index >= 15 is 0 Å². The van der Waals surface area contributed by atoms with E-state index in [1.807, 2.05) is 13.0 Å². The lowest BCUT2D eigenvalue weighted by Crippen LogP contribution is -2.44. The molecular formula is C18H27NO2. The van der Waals surface area contributed by atoms with E-state index in [0.29, 0.717) is 12.0 Å². The molecule has 0 amide bonds. The van der Waals surface area contributed by atoms with E-state index in [9.17, 15) is 9.90 Å². The van der Waals surface area contributed by atoms with Gasteiger partial charge in [0.05, 0.1) is 5.41 Å². The lowest BCUT2D eigenvalue weighted by atomic mass is 9.79. The molecule has 2 rings (SSSR count). The Morgan fingerprint density at radius 1 is 1.24 bits per heavy atom. The van der Waals surface area contributed by atoms with Gasteiger partial charge in [-0.2, -0.15) is 0 Å². The van der Waals surface area contributed by atoms with E-state index in [4.69, 9.17) is 0 Å². The van der Waals surface area contributed by atoms with Crippen LogP contribution in [0.1, 0.15) is 51.6 Å². The number of carboxylic acids is 1. The number of rotatable bonds is 5. The Labute approximate surface area is 128 Å². The zero-order chi connectivity index (χ0) is 15.5. The van der Waals surface area contributed by atoms with Crippen molar-refractivity contribution in [3.05, 3.63) is 35.9 Å². The van der Waals surface area contributed by atoms with Gasteiger partial charge in [0, 0.05) is 6.04 Å². The SMILES string of the molecule is CC(C)CC(c1ccccc1)N1CCC(C)(C(=O)O)CC1. The largest absolute Gasteiger partial charge is 0.481 e. The number of carbonyl (C=O) groups is 1. The predicted molar refractivity (Wildman–Crippen MR) is 85.2 cm³/mol. The Balaban J connectivity index is 2.11. The molecule has 1 saturated heterocycles. The van der Waals surface area contributed by atoms with Crippen LogP contribution in [0.3, 0.4) is 0 Å². The minimum Gasteiger partial charge on any atom is -0.481 e. The summed E-state index contributed by atoms with van der Waals surface area (Å²) in [5.74, 6) is -0.0229. The fraction of sp³-hybridized carbons (Fsp3) is 0.611. The second-order valence-electron chi connectivity index (χ2n) is 6.96. The highest BCUT2D eigenvalue weighted by molar-refractivity contribution is 5.74. The minimum atomic E-state index is -0.651. The van der Waals surface area contributed by atoms with Gasteiger partial charge in [0.1, 0.15) is 0 Å². The van der Waals surface area contributed by atoms with E-state index < -0.39 is 11.4 Å².